The van der Waals surface area contributed by atoms with E-state index in [1.165, 1.54) is 0 Å². The predicted molar refractivity (Wildman–Crippen MR) is 157 cm³/mol. The molecule has 212 valence electrons. The number of carbonyl (C=O) groups is 1. The average Bonchev–Trinajstić information content (AvgIpc) is 3.35. The van der Waals surface area contributed by atoms with Crippen LogP contribution in [0, 0.1) is 17.2 Å². The molecule has 1 amide bonds. The number of nitrogens with two attached hydrogens (primary N) is 1. The molecule has 1 saturated carbocycles. The van der Waals surface area contributed by atoms with Crippen molar-refractivity contribution in [2.45, 2.75) is 44.8 Å². The number of amides is 1. The molecule has 0 aliphatic heterocycles. The standard InChI is InChI=1S/C30H32ClN7O3/c1-4-18-11-13-19(14-12-18)17-38-24-23(20-8-7-9-21(31)16-20)35-27(25(32)41-29(33)39)36-26(24)37-28(38)30(2,40-3)22-10-5-6-15-34-22/h4-10,15-16,18-19,32H,1,11-14,17H2,2-3H3,(H2,33,39). The van der Waals surface area contributed by atoms with Crippen LogP contribution >= 0.6 is 11.6 Å². The van der Waals surface area contributed by atoms with Crippen LogP contribution in [0.25, 0.3) is 22.4 Å². The van der Waals surface area contributed by atoms with Crippen LogP contribution in [0.15, 0.2) is 61.3 Å². The van der Waals surface area contributed by atoms with Crippen LogP contribution in [0.3, 0.4) is 0 Å². The van der Waals surface area contributed by atoms with Crippen LogP contribution in [0.1, 0.15) is 49.9 Å². The molecular formula is C30H32ClN7O3. The van der Waals surface area contributed by atoms with E-state index in [0.717, 1.165) is 25.7 Å². The van der Waals surface area contributed by atoms with Crippen molar-refractivity contribution in [1.29, 1.82) is 5.41 Å². The molecule has 3 aromatic heterocycles. The summed E-state index contributed by atoms with van der Waals surface area (Å²) in [4.78, 5) is 30.3. The van der Waals surface area contributed by atoms with Crippen molar-refractivity contribution in [3.63, 3.8) is 0 Å². The van der Waals surface area contributed by atoms with Crippen LogP contribution in [0.4, 0.5) is 4.79 Å². The van der Waals surface area contributed by atoms with Crippen molar-refractivity contribution in [3.8, 4) is 11.3 Å². The number of halogens is 1. The molecule has 11 heteroatoms. The third-order valence-electron chi connectivity index (χ3n) is 7.76. The number of benzene rings is 1. The molecule has 0 spiro atoms. The second kappa shape index (κ2) is 11.8. The quantitative estimate of drug-likeness (QED) is 0.152. The number of hydrogen-bond acceptors (Lipinski definition) is 8. The van der Waals surface area contributed by atoms with Crippen molar-refractivity contribution < 1.29 is 14.3 Å². The average molecular weight is 574 g/mol. The van der Waals surface area contributed by atoms with Gasteiger partial charge >= 0.3 is 6.09 Å². The van der Waals surface area contributed by atoms with Gasteiger partial charge < -0.3 is 19.8 Å². The molecule has 1 fully saturated rings. The smallest absolute Gasteiger partial charge is 0.388 e. The van der Waals surface area contributed by atoms with Crippen molar-refractivity contribution >= 4 is 34.8 Å². The number of nitrogens with zero attached hydrogens (tertiary/aromatic N) is 5. The Morgan fingerprint density at radius 3 is 2.61 bits per heavy atom. The maximum atomic E-state index is 11.4. The van der Waals surface area contributed by atoms with Crippen LogP contribution in [0.2, 0.25) is 5.02 Å². The Labute approximate surface area is 243 Å². The van der Waals surface area contributed by atoms with Gasteiger partial charge in [0.25, 0.3) is 5.90 Å². The van der Waals surface area contributed by atoms with Gasteiger partial charge in [-0.25, -0.2) is 19.7 Å². The molecule has 0 saturated heterocycles. The highest BCUT2D eigenvalue weighted by molar-refractivity contribution is 6.30. The lowest BCUT2D eigenvalue weighted by Crippen LogP contribution is -2.32. The van der Waals surface area contributed by atoms with Crippen LogP contribution in [0.5, 0.6) is 0 Å². The van der Waals surface area contributed by atoms with Crippen molar-refractivity contribution in [3.05, 3.63) is 83.7 Å². The first-order chi connectivity index (χ1) is 19.7. The van der Waals surface area contributed by atoms with E-state index < -0.39 is 17.6 Å². The molecular weight excluding hydrogens is 542 g/mol. The van der Waals surface area contributed by atoms with Gasteiger partial charge in [-0.05, 0) is 68.7 Å². The fourth-order valence-corrected chi connectivity index (χ4v) is 5.67. The number of fused-ring (bicyclic) bond motifs is 1. The van der Waals surface area contributed by atoms with E-state index in [2.05, 4.69) is 26.1 Å². The highest BCUT2D eigenvalue weighted by Crippen LogP contribution is 2.38. The summed E-state index contributed by atoms with van der Waals surface area (Å²) in [5.41, 5.74) is 6.97. The van der Waals surface area contributed by atoms with Gasteiger partial charge in [0.05, 0.1) is 5.69 Å². The highest BCUT2D eigenvalue weighted by Gasteiger charge is 2.38. The van der Waals surface area contributed by atoms with Gasteiger partial charge in [0.2, 0.25) is 5.82 Å². The Morgan fingerprint density at radius 1 is 1.20 bits per heavy atom. The van der Waals surface area contributed by atoms with Crippen LogP contribution in [-0.4, -0.2) is 43.6 Å². The number of primary amides is 1. The molecule has 4 aromatic rings. The molecule has 10 nitrogen and oxygen atoms in total. The minimum atomic E-state index is -1.13. The van der Waals surface area contributed by atoms with E-state index >= 15 is 0 Å². The zero-order valence-corrected chi connectivity index (χ0v) is 23.8. The molecule has 1 aliphatic rings. The minimum Gasteiger partial charge on any atom is -0.388 e. The number of imidazole rings is 1. The molecule has 0 bridgehead atoms. The van der Waals surface area contributed by atoms with Gasteiger partial charge in [-0.3, -0.25) is 10.4 Å². The molecule has 1 aliphatic carbocycles. The summed E-state index contributed by atoms with van der Waals surface area (Å²) in [6.45, 7) is 6.56. The number of ether oxygens (including phenoxy) is 2. The number of hydrogen-bond donors (Lipinski definition) is 2. The molecule has 3 N–H and O–H groups in total. The number of pyridine rings is 1. The largest absolute Gasteiger partial charge is 0.411 e. The summed E-state index contributed by atoms with van der Waals surface area (Å²) in [5.74, 6) is 0.770. The van der Waals surface area contributed by atoms with Gasteiger partial charge in [0.15, 0.2) is 11.2 Å². The first-order valence-electron chi connectivity index (χ1n) is 13.4. The van der Waals surface area contributed by atoms with Gasteiger partial charge in [-0.15, -0.1) is 6.58 Å². The summed E-state index contributed by atoms with van der Waals surface area (Å²) < 4.78 is 13.1. The first-order valence-corrected chi connectivity index (χ1v) is 13.8. The normalized spacial score (nSPS) is 18.5. The van der Waals surface area contributed by atoms with Crippen LogP contribution < -0.4 is 5.73 Å². The lowest BCUT2D eigenvalue weighted by atomic mass is 9.82. The SMILES string of the molecule is C=CC1CCC(Cn2c(C(C)(OC)c3ccccn3)nc3nc(C(=N)OC(N)=O)nc(-c4cccc(Cl)c4)c32)CC1. The highest BCUT2D eigenvalue weighted by atomic mass is 35.5. The zero-order valence-electron chi connectivity index (χ0n) is 23.0. The fraction of sp³-hybridized carbons (Fsp3) is 0.333. The number of rotatable bonds is 8. The first kappa shape index (κ1) is 28.4. The van der Waals surface area contributed by atoms with E-state index in [1.807, 2.05) is 43.3 Å². The summed E-state index contributed by atoms with van der Waals surface area (Å²) >= 11 is 6.39. The molecule has 1 unspecified atom stereocenters. The van der Waals surface area contributed by atoms with Crippen molar-refractivity contribution in [2.75, 3.05) is 7.11 Å². The topological polar surface area (TPSA) is 142 Å². The fourth-order valence-electron chi connectivity index (χ4n) is 5.48. The molecule has 3 heterocycles. The number of allylic oxidation sites excluding steroid dienone is 1. The lowest BCUT2D eigenvalue weighted by Gasteiger charge is -2.31. The maximum absolute atomic E-state index is 11.4. The lowest BCUT2D eigenvalue weighted by molar-refractivity contribution is 0.0242. The van der Waals surface area contributed by atoms with Crippen LogP contribution in [-0.2, 0) is 21.6 Å². The molecule has 1 aromatic carbocycles. The minimum absolute atomic E-state index is 0.133. The number of carbonyl (C=O) groups excluding carboxylic acids is 1. The molecule has 5 rings (SSSR count). The van der Waals surface area contributed by atoms with Gasteiger partial charge in [-0.1, -0.05) is 35.9 Å². The second-order valence-electron chi connectivity index (χ2n) is 10.3. The van der Waals surface area contributed by atoms with Crippen molar-refractivity contribution in [2.24, 2.45) is 17.6 Å². The Kier molecular flexibility index (Phi) is 8.14. The van der Waals surface area contributed by atoms with Gasteiger partial charge in [-0.2, -0.15) is 0 Å². The summed E-state index contributed by atoms with van der Waals surface area (Å²) in [6.07, 6.45) is 6.84. The molecule has 41 heavy (non-hydrogen) atoms. The van der Waals surface area contributed by atoms with E-state index in [-0.39, 0.29) is 5.82 Å². The summed E-state index contributed by atoms with van der Waals surface area (Å²) in [5, 5.41) is 8.80. The molecule has 0 radical (unpaired) electrons. The Bertz CT molecular complexity index is 1600. The van der Waals surface area contributed by atoms with E-state index in [9.17, 15) is 4.79 Å². The van der Waals surface area contributed by atoms with Gasteiger partial charge in [0, 0.05) is 30.4 Å². The van der Waals surface area contributed by atoms with Crippen molar-refractivity contribution in [1.82, 2.24) is 24.5 Å². The summed E-state index contributed by atoms with van der Waals surface area (Å²) in [7, 11) is 1.62. The Balaban J connectivity index is 1.78. The van der Waals surface area contributed by atoms with Gasteiger partial charge in [0.1, 0.15) is 17.0 Å². The van der Waals surface area contributed by atoms with E-state index in [4.69, 9.17) is 37.2 Å². The Hall–Kier alpha value is -4.15. The zero-order chi connectivity index (χ0) is 29.1. The third kappa shape index (κ3) is 5.71. The summed E-state index contributed by atoms with van der Waals surface area (Å²) in [6, 6.07) is 12.9. The third-order valence-corrected chi connectivity index (χ3v) is 8.00. The number of methoxy groups -OCH3 is 1. The van der Waals surface area contributed by atoms with E-state index in [1.54, 1.807) is 25.4 Å². The molecule has 1 atom stereocenters. The number of aromatic nitrogens is 5. The predicted octanol–water partition coefficient (Wildman–Crippen LogP) is 5.86. The maximum Gasteiger partial charge on any atom is 0.411 e. The monoisotopic (exact) mass is 573 g/mol. The Morgan fingerprint density at radius 2 is 1.98 bits per heavy atom. The van der Waals surface area contributed by atoms with E-state index in [0.29, 0.717) is 57.3 Å². The number of nitrogens with one attached hydrogen (secondary N) is 1. The second-order valence-corrected chi connectivity index (χ2v) is 10.8.